The summed E-state index contributed by atoms with van der Waals surface area (Å²) >= 11 is 0. The molecular formula is C18H18N6. The summed E-state index contributed by atoms with van der Waals surface area (Å²) < 4.78 is 1.89. The molecule has 0 aliphatic carbocycles. The van der Waals surface area contributed by atoms with Gasteiger partial charge >= 0.3 is 0 Å². The smallest absolute Gasteiger partial charge is 0.156 e. The standard InChI is InChI=1S/C18H18N6/c1-2-17-18(21-12-22-24(17)7-1)23-8-4-13(5-9-23)15-10-20-16-11-19-6-3-14(15)16/h1-3,6-7,10-13,20H,4-5,8-9H2. The van der Waals surface area contributed by atoms with E-state index in [-0.39, 0.29) is 0 Å². The van der Waals surface area contributed by atoms with Gasteiger partial charge in [0.2, 0.25) is 0 Å². The van der Waals surface area contributed by atoms with E-state index >= 15 is 0 Å². The third-order valence-electron chi connectivity index (χ3n) is 5.06. The number of hydrogen-bond acceptors (Lipinski definition) is 4. The van der Waals surface area contributed by atoms with Crippen LogP contribution >= 0.6 is 0 Å². The Morgan fingerprint density at radius 3 is 3.00 bits per heavy atom. The first-order valence-electron chi connectivity index (χ1n) is 8.34. The fraction of sp³-hybridized carbons (Fsp3) is 0.278. The number of nitrogens with zero attached hydrogens (tertiary/aromatic N) is 5. The van der Waals surface area contributed by atoms with Gasteiger partial charge in [-0.2, -0.15) is 5.10 Å². The van der Waals surface area contributed by atoms with Gasteiger partial charge in [0, 0.05) is 37.1 Å². The summed E-state index contributed by atoms with van der Waals surface area (Å²) in [6.07, 6.45) is 11.8. The van der Waals surface area contributed by atoms with E-state index in [9.17, 15) is 0 Å². The van der Waals surface area contributed by atoms with Crippen LogP contribution in [0.1, 0.15) is 24.3 Å². The van der Waals surface area contributed by atoms with Gasteiger partial charge in [0.1, 0.15) is 11.8 Å². The zero-order valence-corrected chi connectivity index (χ0v) is 13.3. The van der Waals surface area contributed by atoms with E-state index < -0.39 is 0 Å². The zero-order valence-electron chi connectivity index (χ0n) is 13.3. The van der Waals surface area contributed by atoms with E-state index in [0.29, 0.717) is 5.92 Å². The summed E-state index contributed by atoms with van der Waals surface area (Å²) in [5.41, 5.74) is 3.62. The molecule has 1 aliphatic rings. The highest BCUT2D eigenvalue weighted by Crippen LogP contribution is 2.34. The van der Waals surface area contributed by atoms with Gasteiger partial charge in [-0.3, -0.25) is 4.98 Å². The number of aromatic nitrogens is 5. The quantitative estimate of drug-likeness (QED) is 0.617. The third kappa shape index (κ3) is 2.06. The summed E-state index contributed by atoms with van der Waals surface area (Å²) in [7, 11) is 0. The maximum atomic E-state index is 4.52. The topological polar surface area (TPSA) is 62.1 Å². The normalized spacial score (nSPS) is 16.2. The first kappa shape index (κ1) is 13.5. The predicted molar refractivity (Wildman–Crippen MR) is 93.3 cm³/mol. The summed E-state index contributed by atoms with van der Waals surface area (Å²) in [4.78, 5) is 14.4. The van der Waals surface area contributed by atoms with Gasteiger partial charge in [0.15, 0.2) is 5.82 Å². The summed E-state index contributed by atoms with van der Waals surface area (Å²) in [6, 6.07) is 6.20. The molecule has 6 heteroatoms. The van der Waals surface area contributed by atoms with Gasteiger partial charge in [-0.1, -0.05) is 0 Å². The van der Waals surface area contributed by atoms with Crippen molar-refractivity contribution in [2.75, 3.05) is 18.0 Å². The van der Waals surface area contributed by atoms with E-state index in [1.165, 1.54) is 10.9 Å². The van der Waals surface area contributed by atoms with Crippen molar-refractivity contribution in [3.05, 3.63) is 54.9 Å². The number of fused-ring (bicyclic) bond motifs is 2. The predicted octanol–water partition coefficient (Wildman–Crippen LogP) is 2.99. The molecule has 4 aromatic heterocycles. The molecule has 6 nitrogen and oxygen atoms in total. The molecule has 0 atom stereocenters. The fourth-order valence-corrected chi connectivity index (χ4v) is 3.83. The molecule has 4 aromatic rings. The Morgan fingerprint density at radius 1 is 1.17 bits per heavy atom. The van der Waals surface area contributed by atoms with Crippen LogP contribution in [0.2, 0.25) is 0 Å². The van der Waals surface area contributed by atoms with Crippen molar-refractivity contribution in [2.24, 2.45) is 0 Å². The number of piperidine rings is 1. The number of hydrogen-bond donors (Lipinski definition) is 1. The van der Waals surface area contributed by atoms with Crippen LogP contribution in [-0.2, 0) is 0 Å². The van der Waals surface area contributed by atoms with Gasteiger partial charge in [-0.05, 0) is 42.5 Å². The molecular weight excluding hydrogens is 300 g/mol. The number of aromatic amines is 1. The molecule has 120 valence electrons. The third-order valence-corrected chi connectivity index (χ3v) is 5.06. The lowest BCUT2D eigenvalue weighted by Crippen LogP contribution is -2.33. The minimum atomic E-state index is 0.585. The van der Waals surface area contributed by atoms with Crippen LogP contribution in [0, 0.1) is 0 Å². The van der Waals surface area contributed by atoms with Crippen LogP contribution in [0.3, 0.4) is 0 Å². The van der Waals surface area contributed by atoms with Crippen LogP contribution in [0.5, 0.6) is 0 Å². The van der Waals surface area contributed by atoms with Crippen molar-refractivity contribution >= 4 is 22.2 Å². The number of nitrogens with one attached hydrogen (secondary N) is 1. The summed E-state index contributed by atoms with van der Waals surface area (Å²) in [6.45, 7) is 2.03. The van der Waals surface area contributed by atoms with Crippen molar-refractivity contribution < 1.29 is 0 Å². The Labute approximate surface area is 139 Å². The Hall–Kier alpha value is -2.89. The molecule has 0 bridgehead atoms. The average molecular weight is 318 g/mol. The highest BCUT2D eigenvalue weighted by Gasteiger charge is 2.24. The highest BCUT2D eigenvalue weighted by molar-refractivity contribution is 5.82. The lowest BCUT2D eigenvalue weighted by Gasteiger charge is -2.33. The monoisotopic (exact) mass is 318 g/mol. The van der Waals surface area contributed by atoms with Gasteiger partial charge in [-0.15, -0.1) is 0 Å². The first-order chi connectivity index (χ1) is 11.9. The maximum Gasteiger partial charge on any atom is 0.156 e. The van der Waals surface area contributed by atoms with E-state index in [1.807, 2.05) is 29.2 Å². The molecule has 0 amide bonds. The lowest BCUT2D eigenvalue weighted by atomic mass is 9.89. The second kappa shape index (κ2) is 5.33. The molecule has 1 aliphatic heterocycles. The maximum absolute atomic E-state index is 4.52. The molecule has 0 aromatic carbocycles. The summed E-state index contributed by atoms with van der Waals surface area (Å²) in [5.74, 6) is 1.62. The second-order valence-electron chi connectivity index (χ2n) is 6.35. The molecule has 1 saturated heterocycles. The number of pyridine rings is 1. The molecule has 1 N–H and O–H groups in total. The molecule has 0 unspecified atom stereocenters. The second-order valence-corrected chi connectivity index (χ2v) is 6.35. The highest BCUT2D eigenvalue weighted by atomic mass is 15.3. The molecule has 5 heterocycles. The number of rotatable bonds is 2. The van der Waals surface area contributed by atoms with Crippen molar-refractivity contribution in [3.8, 4) is 0 Å². The largest absolute Gasteiger partial charge is 0.360 e. The van der Waals surface area contributed by atoms with Gasteiger partial charge in [0.25, 0.3) is 0 Å². The van der Waals surface area contributed by atoms with E-state index in [0.717, 1.165) is 42.8 Å². The number of anilines is 1. The average Bonchev–Trinajstić information content (AvgIpc) is 3.28. The van der Waals surface area contributed by atoms with Crippen LogP contribution in [-0.4, -0.2) is 37.7 Å². The van der Waals surface area contributed by atoms with Crippen LogP contribution in [0.15, 0.2) is 49.3 Å². The van der Waals surface area contributed by atoms with Crippen LogP contribution in [0.25, 0.3) is 16.4 Å². The van der Waals surface area contributed by atoms with E-state index in [2.05, 4.69) is 43.3 Å². The van der Waals surface area contributed by atoms with Gasteiger partial charge < -0.3 is 9.88 Å². The van der Waals surface area contributed by atoms with E-state index in [4.69, 9.17) is 0 Å². The molecule has 24 heavy (non-hydrogen) atoms. The molecule has 5 rings (SSSR count). The van der Waals surface area contributed by atoms with Crippen molar-refractivity contribution in [1.29, 1.82) is 0 Å². The summed E-state index contributed by atoms with van der Waals surface area (Å²) in [5, 5.41) is 5.56. The molecule has 1 fully saturated rings. The van der Waals surface area contributed by atoms with E-state index in [1.54, 1.807) is 6.33 Å². The molecule has 0 saturated carbocycles. The zero-order chi connectivity index (χ0) is 15.9. The fourth-order valence-electron chi connectivity index (χ4n) is 3.83. The van der Waals surface area contributed by atoms with Gasteiger partial charge in [-0.25, -0.2) is 9.50 Å². The molecule has 0 radical (unpaired) electrons. The minimum Gasteiger partial charge on any atom is -0.360 e. The Balaban J connectivity index is 1.40. The molecule has 0 spiro atoms. The first-order valence-corrected chi connectivity index (χ1v) is 8.34. The number of H-pyrrole nitrogens is 1. The Kier molecular flexibility index (Phi) is 3.01. The SMILES string of the molecule is c1cc2c(N3CCC(c4c[nH]c5cnccc45)CC3)ncnn2c1. The van der Waals surface area contributed by atoms with Crippen LogP contribution in [0.4, 0.5) is 5.82 Å². The van der Waals surface area contributed by atoms with Crippen molar-refractivity contribution in [2.45, 2.75) is 18.8 Å². The minimum absolute atomic E-state index is 0.585. The Morgan fingerprint density at radius 2 is 2.08 bits per heavy atom. The Bertz CT molecular complexity index is 993. The van der Waals surface area contributed by atoms with Gasteiger partial charge in [0.05, 0.1) is 11.7 Å². The van der Waals surface area contributed by atoms with Crippen molar-refractivity contribution in [3.63, 3.8) is 0 Å². The van der Waals surface area contributed by atoms with Crippen LogP contribution < -0.4 is 4.90 Å². The lowest BCUT2D eigenvalue weighted by molar-refractivity contribution is 0.505. The van der Waals surface area contributed by atoms with Crippen molar-refractivity contribution in [1.82, 2.24) is 24.6 Å².